The molecule has 0 spiro atoms. The van der Waals surface area contributed by atoms with Gasteiger partial charge in [-0.2, -0.15) is 0 Å². The van der Waals surface area contributed by atoms with Crippen LogP contribution in [-0.4, -0.2) is 42.1 Å². The smallest absolute Gasteiger partial charge is 0.354 e. The first-order valence-electron chi connectivity index (χ1n) is 9.62. The largest absolute Gasteiger partial charge is 0.477 e. The quantitative estimate of drug-likeness (QED) is 0.338. The highest BCUT2D eigenvalue weighted by molar-refractivity contribution is 8.76. The molecule has 0 fully saturated rings. The Bertz CT molecular complexity index is 1240. The van der Waals surface area contributed by atoms with Crippen molar-refractivity contribution in [1.29, 1.82) is 0 Å². The molecular formula is C23H16N4O4S2. The van der Waals surface area contributed by atoms with Crippen molar-refractivity contribution in [3.05, 3.63) is 89.9 Å². The molecule has 10 heteroatoms. The van der Waals surface area contributed by atoms with Crippen LogP contribution in [0.15, 0.2) is 78.0 Å². The third kappa shape index (κ3) is 5.73. The predicted molar refractivity (Wildman–Crippen MR) is 126 cm³/mol. The monoisotopic (exact) mass is 476 g/mol. The van der Waals surface area contributed by atoms with Gasteiger partial charge in [-0.15, -0.1) is 0 Å². The van der Waals surface area contributed by atoms with Crippen LogP contribution < -0.4 is 0 Å². The number of carboxylic acids is 2. The van der Waals surface area contributed by atoms with E-state index in [1.54, 1.807) is 41.3 Å². The van der Waals surface area contributed by atoms with Gasteiger partial charge in [-0.05, 0) is 64.9 Å². The molecule has 0 aliphatic rings. The van der Waals surface area contributed by atoms with Gasteiger partial charge in [-0.3, -0.25) is 0 Å². The molecule has 4 aromatic heterocycles. The highest BCUT2D eigenvalue weighted by Crippen LogP contribution is 2.33. The summed E-state index contributed by atoms with van der Waals surface area (Å²) in [4.78, 5) is 40.0. The summed E-state index contributed by atoms with van der Waals surface area (Å²) in [6.45, 7) is 0. The summed E-state index contributed by atoms with van der Waals surface area (Å²) < 4.78 is 0. The molecule has 0 aliphatic heterocycles. The number of pyridine rings is 4. The van der Waals surface area contributed by atoms with Gasteiger partial charge < -0.3 is 10.2 Å². The van der Waals surface area contributed by atoms with Crippen molar-refractivity contribution >= 4 is 33.5 Å². The van der Waals surface area contributed by atoms with Crippen LogP contribution in [0.5, 0.6) is 0 Å². The van der Waals surface area contributed by atoms with Gasteiger partial charge in [0.25, 0.3) is 0 Å². The van der Waals surface area contributed by atoms with Gasteiger partial charge in [0, 0.05) is 11.9 Å². The van der Waals surface area contributed by atoms with Crippen molar-refractivity contribution in [2.24, 2.45) is 0 Å². The molecule has 0 radical (unpaired) electrons. The highest BCUT2D eigenvalue weighted by atomic mass is 33.1. The van der Waals surface area contributed by atoms with Crippen LogP contribution in [-0.2, 0) is 5.75 Å². The van der Waals surface area contributed by atoms with Crippen molar-refractivity contribution in [2.75, 3.05) is 0 Å². The molecule has 164 valence electrons. The van der Waals surface area contributed by atoms with Gasteiger partial charge in [0.15, 0.2) is 0 Å². The Morgan fingerprint density at radius 2 is 1.33 bits per heavy atom. The lowest BCUT2D eigenvalue weighted by atomic mass is 10.1. The number of rotatable bonds is 8. The lowest BCUT2D eigenvalue weighted by molar-refractivity contribution is 0.0680. The zero-order chi connectivity index (χ0) is 23.2. The van der Waals surface area contributed by atoms with E-state index in [4.69, 9.17) is 0 Å². The molecule has 4 heterocycles. The van der Waals surface area contributed by atoms with Gasteiger partial charge in [0.1, 0.15) is 16.4 Å². The first-order valence-corrected chi connectivity index (χ1v) is 11.9. The number of hydrogen-bond donors (Lipinski definition) is 2. The fourth-order valence-corrected chi connectivity index (χ4v) is 4.84. The van der Waals surface area contributed by atoms with E-state index in [0.717, 1.165) is 10.6 Å². The number of nitrogens with zero attached hydrogens (tertiary/aromatic N) is 4. The van der Waals surface area contributed by atoms with Crippen molar-refractivity contribution in [3.8, 4) is 22.8 Å². The zero-order valence-electron chi connectivity index (χ0n) is 17.0. The molecular weight excluding hydrogens is 460 g/mol. The molecule has 4 rings (SSSR count). The molecule has 0 bridgehead atoms. The minimum Gasteiger partial charge on any atom is -0.477 e. The van der Waals surface area contributed by atoms with E-state index < -0.39 is 11.9 Å². The lowest BCUT2D eigenvalue weighted by Crippen LogP contribution is -2.03. The summed E-state index contributed by atoms with van der Waals surface area (Å²) in [6, 6.07) is 18.8. The summed E-state index contributed by atoms with van der Waals surface area (Å²) in [5, 5.41) is 19.5. The van der Waals surface area contributed by atoms with Gasteiger partial charge in [0.2, 0.25) is 0 Å². The summed E-state index contributed by atoms with van der Waals surface area (Å²) in [5.74, 6) is -1.67. The molecule has 0 unspecified atom stereocenters. The Morgan fingerprint density at radius 1 is 0.727 bits per heavy atom. The van der Waals surface area contributed by atoms with Gasteiger partial charge in [0.05, 0.1) is 22.8 Å². The van der Waals surface area contributed by atoms with Crippen molar-refractivity contribution in [2.45, 2.75) is 10.8 Å². The van der Waals surface area contributed by atoms with Gasteiger partial charge in [-0.25, -0.2) is 29.5 Å². The van der Waals surface area contributed by atoms with Crippen molar-refractivity contribution in [3.63, 3.8) is 0 Å². The van der Waals surface area contributed by atoms with Gasteiger partial charge in [-0.1, -0.05) is 29.0 Å². The zero-order valence-corrected chi connectivity index (χ0v) is 18.6. The van der Waals surface area contributed by atoms with Crippen LogP contribution in [0.2, 0.25) is 0 Å². The number of aromatic nitrogens is 4. The number of carbonyl (C=O) groups is 2. The van der Waals surface area contributed by atoms with Crippen molar-refractivity contribution in [1.82, 2.24) is 19.9 Å². The molecule has 0 saturated heterocycles. The van der Waals surface area contributed by atoms with E-state index in [9.17, 15) is 19.8 Å². The van der Waals surface area contributed by atoms with E-state index in [-0.39, 0.29) is 11.4 Å². The Kier molecular flexibility index (Phi) is 6.96. The second-order valence-corrected chi connectivity index (χ2v) is 9.00. The SMILES string of the molecule is O=C(O)c1cccc(-c2cc(CSSc3ccccn3)cc(-c3cccc(C(=O)O)n3)n2)n1. The fourth-order valence-electron chi connectivity index (χ4n) is 2.88. The molecule has 0 atom stereocenters. The Morgan fingerprint density at radius 3 is 1.85 bits per heavy atom. The van der Waals surface area contributed by atoms with Crippen LogP contribution in [0.4, 0.5) is 0 Å². The summed E-state index contributed by atoms with van der Waals surface area (Å²) in [5.41, 5.74) is 2.45. The molecule has 4 aromatic rings. The summed E-state index contributed by atoms with van der Waals surface area (Å²) in [7, 11) is 3.11. The predicted octanol–water partition coefficient (Wildman–Crippen LogP) is 4.94. The van der Waals surface area contributed by atoms with Crippen molar-refractivity contribution < 1.29 is 19.8 Å². The number of aromatic carboxylic acids is 2. The molecule has 0 saturated carbocycles. The topological polar surface area (TPSA) is 126 Å². The second-order valence-electron chi connectivity index (χ2n) is 6.69. The normalized spacial score (nSPS) is 10.7. The molecule has 0 amide bonds. The molecule has 2 N–H and O–H groups in total. The fraction of sp³-hybridized carbons (Fsp3) is 0.0435. The molecule has 33 heavy (non-hydrogen) atoms. The number of carboxylic acid groups (broad SMARTS) is 2. The van der Waals surface area contributed by atoms with Gasteiger partial charge >= 0.3 is 11.9 Å². The maximum Gasteiger partial charge on any atom is 0.354 e. The second kappa shape index (κ2) is 10.2. The maximum atomic E-state index is 11.4. The Hall–Kier alpha value is -3.76. The van der Waals surface area contributed by atoms with E-state index in [1.165, 1.54) is 22.9 Å². The third-order valence-electron chi connectivity index (χ3n) is 4.35. The summed E-state index contributed by atoms with van der Waals surface area (Å²) in [6.07, 6.45) is 1.73. The minimum absolute atomic E-state index is 0.0904. The first-order chi connectivity index (χ1) is 16.0. The third-order valence-corrected chi connectivity index (χ3v) is 6.55. The van der Waals surface area contributed by atoms with Crippen LogP contribution in [0.25, 0.3) is 22.8 Å². The standard InChI is InChI=1S/C23H16N4O4S2/c28-22(29)17-7-3-5-15(25-17)19-11-14(13-32-33-21-9-1-2-10-24-21)12-20(27-19)16-6-4-8-18(26-16)23(30)31/h1-12H,13H2,(H,28,29)(H,30,31). The molecule has 0 aromatic carbocycles. The first kappa shape index (κ1) is 22.4. The average molecular weight is 477 g/mol. The average Bonchev–Trinajstić information content (AvgIpc) is 2.84. The van der Waals surface area contributed by atoms with E-state index in [0.29, 0.717) is 28.5 Å². The van der Waals surface area contributed by atoms with Crippen LogP contribution in [0.1, 0.15) is 26.5 Å². The minimum atomic E-state index is -1.13. The maximum absolute atomic E-state index is 11.4. The highest BCUT2D eigenvalue weighted by Gasteiger charge is 2.13. The lowest BCUT2D eigenvalue weighted by Gasteiger charge is -2.09. The molecule has 0 aliphatic carbocycles. The van der Waals surface area contributed by atoms with Crippen LogP contribution >= 0.6 is 21.6 Å². The van der Waals surface area contributed by atoms with E-state index in [2.05, 4.69) is 19.9 Å². The Balaban J connectivity index is 1.71. The van der Waals surface area contributed by atoms with E-state index in [1.807, 2.05) is 30.3 Å². The van der Waals surface area contributed by atoms with Crippen LogP contribution in [0, 0.1) is 0 Å². The number of hydrogen-bond acceptors (Lipinski definition) is 8. The molecule has 8 nitrogen and oxygen atoms in total. The van der Waals surface area contributed by atoms with Crippen LogP contribution in [0.3, 0.4) is 0 Å². The Labute approximate surface area is 196 Å². The van der Waals surface area contributed by atoms with E-state index >= 15 is 0 Å². The summed E-state index contributed by atoms with van der Waals surface area (Å²) >= 11 is 0.